The molecule has 0 fully saturated rings. The number of rotatable bonds is 5. The third-order valence-corrected chi connectivity index (χ3v) is 8.52. The van der Waals surface area contributed by atoms with Crippen LogP contribution in [0.5, 0.6) is 0 Å². The Kier molecular flexibility index (Phi) is 5.14. The molecular formula is C21H28NSi+. The quantitative estimate of drug-likeness (QED) is 0.805. The molecule has 0 bridgehead atoms. The van der Waals surface area contributed by atoms with Gasteiger partial charge in [0.15, 0.2) is 0 Å². The van der Waals surface area contributed by atoms with E-state index >= 15 is 0 Å². The first-order valence-electron chi connectivity index (χ1n) is 8.74. The maximum atomic E-state index is 2.57. The summed E-state index contributed by atoms with van der Waals surface area (Å²) in [6, 6.07) is 23.2. The SMILES string of the molecule is C[Si](C)(Cc1ccccc1)C1=CC[NH+](Cc2ccccc2)CC1. The zero-order chi connectivity index (χ0) is 16.1. The van der Waals surface area contributed by atoms with Gasteiger partial charge in [0.1, 0.15) is 6.54 Å². The Morgan fingerprint density at radius 3 is 2.04 bits per heavy atom. The molecule has 0 radical (unpaired) electrons. The van der Waals surface area contributed by atoms with Crippen LogP contribution in [0.3, 0.4) is 0 Å². The first kappa shape index (κ1) is 16.2. The highest BCUT2D eigenvalue weighted by Gasteiger charge is 2.29. The van der Waals surface area contributed by atoms with Gasteiger partial charge in [-0.1, -0.05) is 84.5 Å². The van der Waals surface area contributed by atoms with E-state index in [0.717, 1.165) is 6.54 Å². The van der Waals surface area contributed by atoms with Gasteiger partial charge in [-0.3, -0.25) is 0 Å². The van der Waals surface area contributed by atoms with Crippen LogP contribution < -0.4 is 4.90 Å². The molecule has 1 heterocycles. The van der Waals surface area contributed by atoms with Crippen LogP contribution in [0.2, 0.25) is 13.1 Å². The molecule has 0 aliphatic carbocycles. The van der Waals surface area contributed by atoms with Crippen molar-refractivity contribution in [1.82, 2.24) is 0 Å². The average Bonchev–Trinajstić information content (AvgIpc) is 2.57. The summed E-state index contributed by atoms with van der Waals surface area (Å²) in [6.07, 6.45) is 3.85. The van der Waals surface area contributed by atoms with Gasteiger partial charge in [0, 0.05) is 12.0 Å². The summed E-state index contributed by atoms with van der Waals surface area (Å²) in [7, 11) is -1.32. The molecule has 1 nitrogen and oxygen atoms in total. The lowest BCUT2D eigenvalue weighted by atomic mass is 10.2. The number of hydrogen-bond acceptors (Lipinski definition) is 0. The molecule has 1 unspecified atom stereocenters. The van der Waals surface area contributed by atoms with Crippen LogP contribution in [0.15, 0.2) is 71.9 Å². The third-order valence-electron chi connectivity index (χ3n) is 5.04. The molecule has 0 aromatic heterocycles. The predicted molar refractivity (Wildman–Crippen MR) is 101 cm³/mol. The van der Waals surface area contributed by atoms with E-state index in [2.05, 4.69) is 79.8 Å². The maximum Gasteiger partial charge on any atom is 0.103 e. The molecule has 1 atom stereocenters. The molecule has 0 saturated heterocycles. The number of quaternary nitrogens is 1. The Morgan fingerprint density at radius 1 is 0.870 bits per heavy atom. The Morgan fingerprint density at radius 2 is 1.48 bits per heavy atom. The molecule has 2 aromatic carbocycles. The Balaban J connectivity index is 1.61. The molecule has 1 N–H and O–H groups in total. The van der Waals surface area contributed by atoms with E-state index in [9.17, 15) is 0 Å². The van der Waals surface area contributed by atoms with E-state index in [1.807, 2.05) is 0 Å². The summed E-state index contributed by atoms with van der Waals surface area (Å²) < 4.78 is 0. The summed E-state index contributed by atoms with van der Waals surface area (Å²) in [6.45, 7) is 8.70. The van der Waals surface area contributed by atoms with Crippen LogP contribution in [0.4, 0.5) is 0 Å². The fraction of sp³-hybridized carbons (Fsp3) is 0.333. The third kappa shape index (κ3) is 4.43. The van der Waals surface area contributed by atoms with Gasteiger partial charge in [0.25, 0.3) is 0 Å². The lowest BCUT2D eigenvalue weighted by molar-refractivity contribution is -0.909. The van der Waals surface area contributed by atoms with Crippen LogP contribution in [-0.4, -0.2) is 21.2 Å². The molecule has 120 valence electrons. The van der Waals surface area contributed by atoms with Gasteiger partial charge in [-0.15, -0.1) is 0 Å². The van der Waals surface area contributed by atoms with Gasteiger partial charge in [-0.25, -0.2) is 0 Å². The minimum atomic E-state index is -1.32. The second-order valence-corrected chi connectivity index (χ2v) is 12.2. The molecule has 23 heavy (non-hydrogen) atoms. The van der Waals surface area contributed by atoms with E-state index in [4.69, 9.17) is 0 Å². The Labute approximate surface area is 141 Å². The number of nitrogens with one attached hydrogen (secondary N) is 1. The van der Waals surface area contributed by atoms with Gasteiger partial charge >= 0.3 is 0 Å². The second kappa shape index (κ2) is 7.29. The summed E-state index contributed by atoms with van der Waals surface area (Å²) >= 11 is 0. The lowest BCUT2D eigenvalue weighted by Crippen LogP contribution is -3.11. The maximum absolute atomic E-state index is 2.57. The highest BCUT2D eigenvalue weighted by molar-refractivity contribution is 6.83. The van der Waals surface area contributed by atoms with Crippen LogP contribution in [0, 0.1) is 0 Å². The number of hydrogen-bond donors (Lipinski definition) is 1. The molecule has 0 spiro atoms. The summed E-state index contributed by atoms with van der Waals surface area (Å²) in [5.74, 6) is 0. The van der Waals surface area contributed by atoms with Gasteiger partial charge in [-0.2, -0.15) is 0 Å². The van der Waals surface area contributed by atoms with Crippen molar-refractivity contribution in [3.63, 3.8) is 0 Å². The van der Waals surface area contributed by atoms with Crippen LogP contribution in [0.25, 0.3) is 0 Å². The molecule has 0 amide bonds. The fourth-order valence-electron chi connectivity index (χ4n) is 3.66. The van der Waals surface area contributed by atoms with Crippen molar-refractivity contribution in [2.24, 2.45) is 0 Å². The summed E-state index contributed by atoms with van der Waals surface area (Å²) in [4.78, 5) is 1.70. The molecule has 3 rings (SSSR count). The van der Waals surface area contributed by atoms with E-state index in [-0.39, 0.29) is 0 Å². The van der Waals surface area contributed by atoms with Gasteiger partial charge in [0.05, 0.1) is 21.2 Å². The van der Waals surface area contributed by atoms with Crippen molar-refractivity contribution in [2.45, 2.75) is 32.1 Å². The minimum Gasteiger partial charge on any atom is -0.328 e. The first-order valence-corrected chi connectivity index (χ1v) is 12.0. The first-order chi connectivity index (χ1) is 11.1. The van der Waals surface area contributed by atoms with Gasteiger partial charge < -0.3 is 4.90 Å². The normalized spacial score (nSPS) is 18.5. The largest absolute Gasteiger partial charge is 0.328 e. The highest BCUT2D eigenvalue weighted by Crippen LogP contribution is 2.23. The predicted octanol–water partition coefficient (Wildman–Crippen LogP) is 3.43. The van der Waals surface area contributed by atoms with Gasteiger partial charge in [0.2, 0.25) is 0 Å². The van der Waals surface area contributed by atoms with Crippen molar-refractivity contribution in [3.8, 4) is 0 Å². The van der Waals surface area contributed by atoms with Crippen molar-refractivity contribution >= 4 is 8.07 Å². The molecule has 2 aromatic rings. The van der Waals surface area contributed by atoms with Crippen molar-refractivity contribution in [2.75, 3.05) is 13.1 Å². The molecule has 1 aliphatic heterocycles. The van der Waals surface area contributed by atoms with Crippen molar-refractivity contribution in [3.05, 3.63) is 83.1 Å². The fourth-order valence-corrected chi connectivity index (χ4v) is 6.60. The second-order valence-electron chi connectivity index (χ2n) is 7.39. The van der Waals surface area contributed by atoms with E-state index in [1.54, 1.807) is 10.1 Å². The van der Waals surface area contributed by atoms with Crippen LogP contribution in [-0.2, 0) is 12.6 Å². The zero-order valence-electron chi connectivity index (χ0n) is 14.4. The van der Waals surface area contributed by atoms with E-state index < -0.39 is 8.07 Å². The van der Waals surface area contributed by atoms with E-state index in [0.29, 0.717) is 0 Å². The summed E-state index contributed by atoms with van der Waals surface area (Å²) in [5, 5.41) is 1.78. The smallest absolute Gasteiger partial charge is 0.103 e. The lowest BCUT2D eigenvalue weighted by Gasteiger charge is -2.31. The molecule has 0 saturated carbocycles. The Bertz CT molecular complexity index is 646. The van der Waals surface area contributed by atoms with Crippen LogP contribution in [0.1, 0.15) is 17.5 Å². The monoisotopic (exact) mass is 322 g/mol. The highest BCUT2D eigenvalue weighted by atomic mass is 28.3. The molecule has 1 aliphatic rings. The average molecular weight is 323 g/mol. The van der Waals surface area contributed by atoms with Gasteiger partial charge in [-0.05, 0) is 12.1 Å². The van der Waals surface area contributed by atoms with Crippen molar-refractivity contribution in [1.29, 1.82) is 0 Å². The topological polar surface area (TPSA) is 4.44 Å². The number of benzene rings is 2. The standard InChI is InChI=1S/C21H27NSi/c1-23(2,18-20-11-7-4-8-12-20)21-13-15-22(16-14-21)17-19-9-5-3-6-10-19/h3-13H,14-18H2,1-2H3/p+1. The minimum absolute atomic E-state index is 1.16. The van der Waals surface area contributed by atoms with Crippen molar-refractivity contribution < 1.29 is 4.90 Å². The summed E-state index contributed by atoms with van der Waals surface area (Å²) in [5.41, 5.74) is 2.96. The van der Waals surface area contributed by atoms with Crippen LogP contribution >= 0.6 is 0 Å². The molecule has 2 heteroatoms. The zero-order valence-corrected chi connectivity index (χ0v) is 15.4. The molecular weight excluding hydrogens is 294 g/mol. The van der Waals surface area contributed by atoms with E-state index in [1.165, 1.54) is 36.7 Å². The Hall–Kier alpha value is -1.64.